The van der Waals surface area contributed by atoms with Crippen LogP contribution < -0.4 is 0 Å². The number of furan rings is 1. The number of rotatable bonds is 5. The maximum atomic E-state index is 13.6. The molecule has 2 aromatic carbocycles. The molecule has 3 rings (SSSR count). The molecule has 7 heteroatoms. The Morgan fingerprint density at radius 3 is 2.56 bits per heavy atom. The third-order valence-corrected chi connectivity index (χ3v) is 4.03. The summed E-state index contributed by atoms with van der Waals surface area (Å²) in [5, 5.41) is 1.05. The number of likely N-dealkylation sites (N-methyl/N-ethyl adjacent to an activating group) is 1. The van der Waals surface area contributed by atoms with Gasteiger partial charge >= 0.3 is 6.18 Å². The van der Waals surface area contributed by atoms with Gasteiger partial charge in [-0.3, -0.25) is 4.90 Å². The molecule has 144 valence electrons. The van der Waals surface area contributed by atoms with Crippen molar-refractivity contribution in [2.75, 3.05) is 13.6 Å². The van der Waals surface area contributed by atoms with E-state index in [4.69, 9.17) is 4.42 Å². The van der Waals surface area contributed by atoms with Gasteiger partial charge in [0.05, 0.1) is 11.8 Å². The summed E-state index contributed by atoms with van der Waals surface area (Å²) in [5.74, 6) is -1.27. The molecule has 0 N–H and O–H groups in total. The van der Waals surface area contributed by atoms with Gasteiger partial charge in [0.1, 0.15) is 11.4 Å². The minimum Gasteiger partial charge on any atom is -0.464 e. The van der Waals surface area contributed by atoms with E-state index in [1.807, 2.05) is 36.2 Å². The zero-order valence-electron chi connectivity index (χ0n) is 14.5. The third-order valence-electron chi connectivity index (χ3n) is 4.03. The van der Waals surface area contributed by atoms with Crippen molar-refractivity contribution >= 4 is 29.5 Å². The summed E-state index contributed by atoms with van der Waals surface area (Å²) in [6.45, 7) is 1.21. The zero-order chi connectivity index (χ0) is 18.7. The highest BCUT2D eigenvalue weighted by molar-refractivity contribution is 5.85. The van der Waals surface area contributed by atoms with Crippen LogP contribution in [-0.2, 0) is 12.7 Å². The molecule has 0 aliphatic rings. The Morgan fingerprint density at radius 1 is 1.11 bits per heavy atom. The summed E-state index contributed by atoms with van der Waals surface area (Å²) in [6.07, 6.45) is 0.424. The molecule has 0 spiro atoms. The van der Waals surface area contributed by atoms with E-state index in [1.54, 1.807) is 18.4 Å². The number of alkyl halides is 3. The first-order valence-electron chi connectivity index (χ1n) is 8.01. The summed E-state index contributed by atoms with van der Waals surface area (Å²) in [7, 11) is 1.92. The first-order valence-corrected chi connectivity index (χ1v) is 8.01. The maximum Gasteiger partial charge on any atom is 0.419 e. The Bertz CT molecular complexity index is 933. The van der Waals surface area contributed by atoms with Gasteiger partial charge in [-0.25, -0.2) is 4.39 Å². The molecule has 0 aliphatic heterocycles. The second kappa shape index (κ2) is 8.59. The minimum absolute atomic E-state index is 0. The van der Waals surface area contributed by atoms with Gasteiger partial charge in [0.2, 0.25) is 0 Å². The summed E-state index contributed by atoms with van der Waals surface area (Å²) >= 11 is 0. The fourth-order valence-corrected chi connectivity index (χ4v) is 2.74. The maximum absolute atomic E-state index is 13.6. The van der Waals surface area contributed by atoms with Crippen LogP contribution in [0.4, 0.5) is 17.6 Å². The van der Waals surface area contributed by atoms with E-state index in [0.29, 0.717) is 18.7 Å². The highest BCUT2D eigenvalue weighted by Gasteiger charge is 2.33. The smallest absolute Gasteiger partial charge is 0.419 e. The van der Waals surface area contributed by atoms with Crippen molar-refractivity contribution in [3.63, 3.8) is 0 Å². The van der Waals surface area contributed by atoms with Crippen molar-refractivity contribution < 1.29 is 22.0 Å². The van der Waals surface area contributed by atoms with Gasteiger partial charge in [0, 0.05) is 24.0 Å². The number of benzene rings is 2. The third kappa shape index (κ3) is 5.11. The predicted octanol–water partition coefficient (Wildman–Crippen LogP) is 6.16. The van der Waals surface area contributed by atoms with Crippen LogP contribution in [0.1, 0.15) is 16.7 Å². The first-order chi connectivity index (χ1) is 12.3. The monoisotopic (exact) mass is 399 g/mol. The standard InChI is InChI=1S/C20H17F4NO.ClH/c1-25(12-15-13-26-19-7-3-2-6-16(15)19)10-4-5-14-8-9-17(18(21)11-14)20(22,23)24;/h2-9,11,13H,10,12H2,1H3;1H/b5-4+;. The van der Waals surface area contributed by atoms with Gasteiger partial charge in [-0.1, -0.05) is 36.4 Å². The lowest BCUT2D eigenvalue weighted by Gasteiger charge is -2.13. The first kappa shape index (κ1) is 21.0. The minimum atomic E-state index is -4.68. The molecule has 0 fully saturated rings. The Hall–Kier alpha value is -2.31. The summed E-state index contributed by atoms with van der Waals surface area (Å²) in [4.78, 5) is 2.02. The number of fused-ring (bicyclic) bond motifs is 1. The largest absolute Gasteiger partial charge is 0.464 e. The number of para-hydroxylation sites is 1. The molecule has 27 heavy (non-hydrogen) atoms. The molecular formula is C20H18ClF4NO. The van der Waals surface area contributed by atoms with Gasteiger partial charge in [-0.2, -0.15) is 13.2 Å². The van der Waals surface area contributed by atoms with Gasteiger partial charge in [-0.05, 0) is 30.8 Å². The van der Waals surface area contributed by atoms with Crippen LogP contribution in [-0.4, -0.2) is 18.5 Å². The highest BCUT2D eigenvalue weighted by Crippen LogP contribution is 2.31. The number of nitrogens with zero attached hydrogens (tertiary/aromatic N) is 1. The van der Waals surface area contributed by atoms with Crippen LogP contribution in [0.5, 0.6) is 0 Å². The van der Waals surface area contributed by atoms with Crippen molar-refractivity contribution in [1.29, 1.82) is 0 Å². The molecule has 1 heterocycles. The van der Waals surface area contributed by atoms with E-state index in [-0.39, 0.29) is 12.4 Å². The molecule has 0 radical (unpaired) electrons. The van der Waals surface area contributed by atoms with E-state index >= 15 is 0 Å². The quantitative estimate of drug-likeness (QED) is 0.478. The van der Waals surface area contributed by atoms with Crippen molar-refractivity contribution in [2.24, 2.45) is 0 Å². The van der Waals surface area contributed by atoms with Gasteiger partial charge in [-0.15, -0.1) is 12.4 Å². The van der Waals surface area contributed by atoms with E-state index in [2.05, 4.69) is 0 Å². The topological polar surface area (TPSA) is 16.4 Å². The molecule has 0 saturated carbocycles. The molecular weight excluding hydrogens is 382 g/mol. The van der Waals surface area contributed by atoms with Crippen LogP contribution in [0.3, 0.4) is 0 Å². The van der Waals surface area contributed by atoms with Gasteiger partial charge in [0.15, 0.2) is 0 Å². The fourth-order valence-electron chi connectivity index (χ4n) is 2.74. The zero-order valence-corrected chi connectivity index (χ0v) is 15.3. The second-order valence-electron chi connectivity index (χ2n) is 6.09. The van der Waals surface area contributed by atoms with E-state index in [9.17, 15) is 17.6 Å². The SMILES string of the molecule is CN(C/C=C/c1ccc(C(F)(F)F)c(F)c1)Cc1coc2ccccc12.Cl. The van der Waals surface area contributed by atoms with Gasteiger partial charge in [0.25, 0.3) is 0 Å². The van der Waals surface area contributed by atoms with Crippen LogP contribution >= 0.6 is 12.4 Å². The summed E-state index contributed by atoms with van der Waals surface area (Å²) in [5.41, 5.74) is 1.01. The average Bonchev–Trinajstić information content (AvgIpc) is 2.97. The van der Waals surface area contributed by atoms with Crippen LogP contribution in [0.15, 0.2) is 59.2 Å². The van der Waals surface area contributed by atoms with Crippen molar-refractivity contribution in [3.05, 3.63) is 77.3 Å². The van der Waals surface area contributed by atoms with E-state index < -0.39 is 17.6 Å². The molecule has 0 unspecified atom stereocenters. The second-order valence-corrected chi connectivity index (χ2v) is 6.09. The number of hydrogen-bond acceptors (Lipinski definition) is 2. The van der Waals surface area contributed by atoms with Crippen molar-refractivity contribution in [3.8, 4) is 0 Å². The number of halogens is 5. The van der Waals surface area contributed by atoms with E-state index in [1.165, 1.54) is 6.07 Å². The van der Waals surface area contributed by atoms with Crippen molar-refractivity contribution in [2.45, 2.75) is 12.7 Å². The van der Waals surface area contributed by atoms with Crippen LogP contribution in [0, 0.1) is 5.82 Å². The van der Waals surface area contributed by atoms with E-state index in [0.717, 1.165) is 28.7 Å². The lowest BCUT2D eigenvalue weighted by atomic mass is 10.1. The molecule has 0 bridgehead atoms. The fraction of sp³-hybridized carbons (Fsp3) is 0.200. The lowest BCUT2D eigenvalue weighted by Crippen LogP contribution is -2.17. The van der Waals surface area contributed by atoms with Crippen LogP contribution in [0.2, 0.25) is 0 Å². The average molecular weight is 400 g/mol. The Labute approximate surface area is 160 Å². The molecule has 0 atom stereocenters. The predicted molar refractivity (Wildman–Crippen MR) is 100 cm³/mol. The molecule has 2 nitrogen and oxygen atoms in total. The van der Waals surface area contributed by atoms with Crippen molar-refractivity contribution in [1.82, 2.24) is 4.90 Å². The summed E-state index contributed by atoms with van der Waals surface area (Å²) in [6, 6.07) is 10.7. The Kier molecular flexibility index (Phi) is 6.68. The normalized spacial score (nSPS) is 12.1. The summed E-state index contributed by atoms with van der Waals surface area (Å²) < 4.78 is 56.7. The molecule has 3 aromatic rings. The molecule has 1 aromatic heterocycles. The Morgan fingerprint density at radius 2 is 1.85 bits per heavy atom. The molecule has 0 aliphatic carbocycles. The highest BCUT2D eigenvalue weighted by atomic mass is 35.5. The lowest BCUT2D eigenvalue weighted by molar-refractivity contribution is -0.140. The van der Waals surface area contributed by atoms with Crippen LogP contribution in [0.25, 0.3) is 17.0 Å². The number of hydrogen-bond donors (Lipinski definition) is 0. The molecule has 0 amide bonds. The molecule has 0 saturated heterocycles. The Balaban J connectivity index is 0.00000261. The van der Waals surface area contributed by atoms with Gasteiger partial charge < -0.3 is 4.42 Å².